The average molecular weight is 347 g/mol. The number of aliphatic hydroxyl groups excluding tert-OH is 1. The molecule has 0 saturated carbocycles. The highest BCUT2D eigenvalue weighted by atomic mass is 35.5. The Morgan fingerprint density at radius 3 is 2.41 bits per heavy atom. The Balaban J connectivity index is 2.77. The van der Waals surface area contributed by atoms with Gasteiger partial charge in [0, 0.05) is 11.6 Å². The summed E-state index contributed by atoms with van der Waals surface area (Å²) in [4.78, 5) is 11.8. The van der Waals surface area contributed by atoms with Gasteiger partial charge in [0.05, 0.1) is 11.5 Å². The lowest BCUT2D eigenvalue weighted by Crippen LogP contribution is -2.48. The van der Waals surface area contributed by atoms with Gasteiger partial charge in [-0.25, -0.2) is 8.42 Å². The second kappa shape index (κ2) is 8.28. The van der Waals surface area contributed by atoms with Gasteiger partial charge in [0.1, 0.15) is 6.04 Å². The number of sulfonamides is 1. The number of amides is 1. The molecule has 1 unspecified atom stereocenters. The summed E-state index contributed by atoms with van der Waals surface area (Å²) in [5, 5.41) is 12.2. The van der Waals surface area contributed by atoms with Gasteiger partial charge in [0.2, 0.25) is 15.9 Å². The number of benzene rings is 1. The van der Waals surface area contributed by atoms with E-state index in [1.54, 1.807) is 6.08 Å². The Kier molecular flexibility index (Phi) is 7.02. The second-order valence-electron chi connectivity index (χ2n) is 4.84. The smallest absolute Gasteiger partial charge is 0.241 e. The molecule has 6 nitrogen and oxygen atoms in total. The first-order valence-corrected chi connectivity index (χ1v) is 8.42. The Labute approximate surface area is 135 Å². The van der Waals surface area contributed by atoms with E-state index in [0.717, 1.165) is 5.57 Å². The van der Waals surface area contributed by atoms with Crippen LogP contribution >= 0.6 is 11.6 Å². The van der Waals surface area contributed by atoms with Crippen LogP contribution in [0.5, 0.6) is 0 Å². The Bertz CT molecular complexity index is 637. The Morgan fingerprint density at radius 1 is 1.32 bits per heavy atom. The van der Waals surface area contributed by atoms with Gasteiger partial charge in [-0.05, 0) is 38.1 Å². The molecule has 1 atom stereocenters. The lowest BCUT2D eigenvalue weighted by atomic mass is 10.3. The molecule has 0 aliphatic rings. The molecule has 0 spiro atoms. The van der Waals surface area contributed by atoms with E-state index in [1.807, 2.05) is 13.8 Å². The van der Waals surface area contributed by atoms with E-state index in [1.165, 1.54) is 24.3 Å². The van der Waals surface area contributed by atoms with Gasteiger partial charge in [-0.15, -0.1) is 0 Å². The number of allylic oxidation sites excluding steroid dienone is 1. The van der Waals surface area contributed by atoms with Crippen LogP contribution in [0.4, 0.5) is 0 Å². The van der Waals surface area contributed by atoms with Gasteiger partial charge in [0.25, 0.3) is 0 Å². The largest absolute Gasteiger partial charge is 0.394 e. The summed E-state index contributed by atoms with van der Waals surface area (Å²) in [7, 11) is -3.92. The van der Waals surface area contributed by atoms with E-state index in [4.69, 9.17) is 11.6 Å². The van der Waals surface area contributed by atoms with Crippen LogP contribution in [-0.2, 0) is 14.8 Å². The van der Waals surface area contributed by atoms with Crippen molar-refractivity contribution in [2.24, 2.45) is 0 Å². The maximum Gasteiger partial charge on any atom is 0.241 e. The summed E-state index contributed by atoms with van der Waals surface area (Å²) in [5.74, 6) is -0.600. The minimum atomic E-state index is -3.92. The fourth-order valence-corrected chi connectivity index (χ4v) is 2.83. The van der Waals surface area contributed by atoms with Crippen LogP contribution in [-0.4, -0.2) is 38.6 Å². The van der Waals surface area contributed by atoms with Crippen molar-refractivity contribution in [3.05, 3.63) is 40.9 Å². The fourth-order valence-electron chi connectivity index (χ4n) is 1.52. The number of carbonyl (C=O) groups excluding carboxylic acids is 1. The zero-order valence-electron chi connectivity index (χ0n) is 12.3. The minimum Gasteiger partial charge on any atom is -0.394 e. The summed E-state index contributed by atoms with van der Waals surface area (Å²) in [6, 6.07) is 4.24. The predicted molar refractivity (Wildman–Crippen MR) is 85.1 cm³/mol. The van der Waals surface area contributed by atoms with Gasteiger partial charge in [-0.3, -0.25) is 4.79 Å². The molecule has 1 amide bonds. The monoisotopic (exact) mass is 346 g/mol. The van der Waals surface area contributed by atoms with Crippen LogP contribution in [0, 0.1) is 0 Å². The van der Waals surface area contributed by atoms with E-state index in [-0.39, 0.29) is 11.4 Å². The molecule has 22 heavy (non-hydrogen) atoms. The molecule has 0 aromatic heterocycles. The average Bonchev–Trinajstić information content (AvgIpc) is 2.44. The summed E-state index contributed by atoms with van der Waals surface area (Å²) >= 11 is 5.70. The first-order valence-electron chi connectivity index (χ1n) is 6.56. The number of hydrogen-bond donors (Lipinski definition) is 3. The number of hydrogen-bond acceptors (Lipinski definition) is 4. The normalized spacial score (nSPS) is 12.5. The SMILES string of the molecule is CC(C)=CCNC(=O)C(CO)NS(=O)(=O)c1ccc(Cl)cc1. The maximum absolute atomic E-state index is 12.1. The number of carbonyl (C=O) groups is 1. The van der Waals surface area contributed by atoms with Gasteiger partial charge in [0.15, 0.2) is 0 Å². The summed E-state index contributed by atoms with van der Waals surface area (Å²) in [6.07, 6.45) is 1.78. The van der Waals surface area contributed by atoms with Crippen molar-refractivity contribution in [1.29, 1.82) is 0 Å². The molecule has 1 aromatic rings. The molecule has 1 rings (SSSR count). The highest BCUT2D eigenvalue weighted by molar-refractivity contribution is 7.89. The van der Waals surface area contributed by atoms with Crippen LogP contribution in [0.15, 0.2) is 40.8 Å². The van der Waals surface area contributed by atoms with Gasteiger partial charge >= 0.3 is 0 Å². The van der Waals surface area contributed by atoms with E-state index >= 15 is 0 Å². The van der Waals surface area contributed by atoms with Crippen LogP contribution < -0.4 is 10.0 Å². The molecule has 0 bridgehead atoms. The predicted octanol–water partition coefficient (Wildman–Crippen LogP) is 1.06. The molecule has 0 aliphatic carbocycles. The quantitative estimate of drug-likeness (QED) is 0.643. The van der Waals surface area contributed by atoms with Crippen molar-refractivity contribution in [2.45, 2.75) is 24.8 Å². The van der Waals surface area contributed by atoms with Crippen LogP contribution in [0.2, 0.25) is 5.02 Å². The van der Waals surface area contributed by atoms with Crippen molar-refractivity contribution in [2.75, 3.05) is 13.2 Å². The standard InChI is InChI=1S/C14H19ClN2O4S/c1-10(2)7-8-16-14(19)13(9-18)17-22(20,21)12-5-3-11(15)4-6-12/h3-7,13,17-18H,8-9H2,1-2H3,(H,16,19). The molecule has 8 heteroatoms. The van der Waals surface area contributed by atoms with E-state index in [0.29, 0.717) is 5.02 Å². The molecule has 0 saturated heterocycles. The second-order valence-corrected chi connectivity index (χ2v) is 6.99. The lowest BCUT2D eigenvalue weighted by molar-refractivity contribution is -0.123. The number of aliphatic hydroxyl groups is 1. The number of halogens is 1. The van der Waals surface area contributed by atoms with Crippen molar-refractivity contribution >= 4 is 27.5 Å². The van der Waals surface area contributed by atoms with Gasteiger partial charge in [-0.1, -0.05) is 23.3 Å². The molecular weight excluding hydrogens is 328 g/mol. The molecule has 3 N–H and O–H groups in total. The molecule has 0 fully saturated rings. The first-order chi connectivity index (χ1) is 10.3. The van der Waals surface area contributed by atoms with Gasteiger partial charge in [-0.2, -0.15) is 4.72 Å². The van der Waals surface area contributed by atoms with Crippen LogP contribution in [0.1, 0.15) is 13.8 Å². The molecular formula is C14H19ClN2O4S. The maximum atomic E-state index is 12.1. The zero-order chi connectivity index (χ0) is 16.8. The number of rotatable bonds is 7. The summed E-state index contributed by atoms with van der Waals surface area (Å²) in [6.45, 7) is 3.37. The number of nitrogens with one attached hydrogen (secondary N) is 2. The summed E-state index contributed by atoms with van der Waals surface area (Å²) in [5.41, 5.74) is 1.02. The third-order valence-electron chi connectivity index (χ3n) is 2.71. The minimum absolute atomic E-state index is 0.0348. The highest BCUT2D eigenvalue weighted by Crippen LogP contribution is 2.14. The van der Waals surface area contributed by atoms with Crippen molar-refractivity contribution in [3.8, 4) is 0 Å². The van der Waals surface area contributed by atoms with Crippen molar-refractivity contribution in [1.82, 2.24) is 10.0 Å². The molecule has 122 valence electrons. The first kappa shape index (κ1) is 18.6. The molecule has 0 radical (unpaired) electrons. The lowest BCUT2D eigenvalue weighted by Gasteiger charge is -2.16. The fraction of sp³-hybridized carbons (Fsp3) is 0.357. The Hall–Kier alpha value is -1.41. The molecule has 0 aliphatic heterocycles. The van der Waals surface area contributed by atoms with Crippen LogP contribution in [0.3, 0.4) is 0 Å². The highest BCUT2D eigenvalue weighted by Gasteiger charge is 2.24. The molecule has 1 aromatic carbocycles. The van der Waals surface area contributed by atoms with E-state index in [9.17, 15) is 18.3 Å². The zero-order valence-corrected chi connectivity index (χ0v) is 13.9. The summed E-state index contributed by atoms with van der Waals surface area (Å²) < 4.78 is 26.4. The topological polar surface area (TPSA) is 95.5 Å². The van der Waals surface area contributed by atoms with E-state index in [2.05, 4.69) is 10.0 Å². The molecule has 0 heterocycles. The Morgan fingerprint density at radius 2 is 1.91 bits per heavy atom. The van der Waals surface area contributed by atoms with Crippen molar-refractivity contribution < 1.29 is 18.3 Å². The van der Waals surface area contributed by atoms with Gasteiger partial charge < -0.3 is 10.4 Å². The van der Waals surface area contributed by atoms with Crippen LogP contribution in [0.25, 0.3) is 0 Å². The third kappa shape index (κ3) is 5.76. The van der Waals surface area contributed by atoms with Crippen molar-refractivity contribution in [3.63, 3.8) is 0 Å². The van der Waals surface area contributed by atoms with E-state index < -0.39 is 28.6 Å². The third-order valence-corrected chi connectivity index (χ3v) is 4.45.